The zero-order valence-electron chi connectivity index (χ0n) is 10.7. The maximum Gasteiger partial charge on any atom is 0.0357 e. The van der Waals surface area contributed by atoms with Crippen LogP contribution in [-0.4, -0.2) is 17.5 Å². The Morgan fingerprint density at radius 3 is 2.82 bits per heavy atom. The van der Waals surface area contributed by atoms with Gasteiger partial charge in [0.15, 0.2) is 0 Å². The van der Waals surface area contributed by atoms with Gasteiger partial charge in [-0.1, -0.05) is 29.8 Å². The highest BCUT2D eigenvalue weighted by Gasteiger charge is 2.28. The van der Waals surface area contributed by atoms with Crippen LogP contribution in [0, 0.1) is 12.3 Å². The molecular formula is C14H20BrNS. The second kappa shape index (κ2) is 5.23. The molecule has 1 aliphatic heterocycles. The van der Waals surface area contributed by atoms with Gasteiger partial charge in [0.2, 0.25) is 0 Å². The molecular weight excluding hydrogens is 294 g/mol. The lowest BCUT2D eigenvalue weighted by molar-refractivity contribution is 0.358. The van der Waals surface area contributed by atoms with Crippen molar-refractivity contribution < 1.29 is 0 Å². The Hall–Kier alpha value is -0.150. The molecule has 0 amide bonds. The molecule has 1 unspecified atom stereocenters. The van der Waals surface area contributed by atoms with Crippen molar-refractivity contribution in [3.8, 4) is 0 Å². The summed E-state index contributed by atoms with van der Waals surface area (Å²) in [6, 6.07) is 7.10. The normalized spacial score (nSPS) is 23.4. The van der Waals surface area contributed by atoms with Gasteiger partial charge in [0.05, 0.1) is 0 Å². The van der Waals surface area contributed by atoms with Crippen LogP contribution in [0.2, 0.25) is 0 Å². The van der Waals surface area contributed by atoms with Gasteiger partial charge in [-0.15, -0.1) is 0 Å². The van der Waals surface area contributed by atoms with Crippen molar-refractivity contribution in [2.45, 2.75) is 33.2 Å². The minimum Gasteiger partial charge on any atom is -0.381 e. The van der Waals surface area contributed by atoms with E-state index in [1.807, 2.05) is 0 Å². The van der Waals surface area contributed by atoms with Gasteiger partial charge in [0.1, 0.15) is 0 Å². The third-order valence-corrected chi connectivity index (χ3v) is 5.65. The van der Waals surface area contributed by atoms with E-state index in [9.17, 15) is 0 Å². The molecule has 94 valence electrons. The Kier molecular flexibility index (Phi) is 4.09. The van der Waals surface area contributed by atoms with Gasteiger partial charge in [0, 0.05) is 22.0 Å². The number of hydrogen-bond acceptors (Lipinski definition) is 2. The summed E-state index contributed by atoms with van der Waals surface area (Å²) < 4.78 is 1.18. The van der Waals surface area contributed by atoms with Crippen molar-refractivity contribution in [3.63, 3.8) is 0 Å². The van der Waals surface area contributed by atoms with Crippen LogP contribution < -0.4 is 5.32 Å². The van der Waals surface area contributed by atoms with E-state index in [0.29, 0.717) is 11.5 Å². The van der Waals surface area contributed by atoms with Gasteiger partial charge in [-0.2, -0.15) is 11.8 Å². The van der Waals surface area contributed by atoms with E-state index in [2.05, 4.69) is 72.0 Å². The third-order valence-electron chi connectivity index (χ3n) is 3.14. The SMILES string of the molecule is Cc1cc(NC2CSCC(C)(C)C2)ccc1Br. The molecule has 0 aromatic heterocycles. The first-order valence-corrected chi connectivity index (χ1v) is 8.01. The fourth-order valence-electron chi connectivity index (χ4n) is 2.33. The van der Waals surface area contributed by atoms with Crippen LogP contribution in [0.25, 0.3) is 0 Å². The molecule has 1 N–H and O–H groups in total. The average Bonchev–Trinajstić information content (AvgIpc) is 2.22. The number of benzene rings is 1. The predicted molar refractivity (Wildman–Crippen MR) is 82.0 cm³/mol. The van der Waals surface area contributed by atoms with Crippen molar-refractivity contribution in [2.24, 2.45) is 5.41 Å². The molecule has 0 bridgehead atoms. The molecule has 0 aliphatic carbocycles. The number of rotatable bonds is 2. The van der Waals surface area contributed by atoms with E-state index >= 15 is 0 Å². The number of nitrogens with one attached hydrogen (secondary N) is 1. The summed E-state index contributed by atoms with van der Waals surface area (Å²) in [5.41, 5.74) is 3.00. The van der Waals surface area contributed by atoms with Crippen molar-refractivity contribution in [1.82, 2.24) is 0 Å². The van der Waals surface area contributed by atoms with Crippen LogP contribution in [0.1, 0.15) is 25.8 Å². The molecule has 0 radical (unpaired) electrons. The molecule has 2 rings (SSSR count). The monoisotopic (exact) mass is 313 g/mol. The molecule has 3 heteroatoms. The van der Waals surface area contributed by atoms with E-state index in [1.165, 1.54) is 33.7 Å². The van der Waals surface area contributed by atoms with Gasteiger partial charge in [0.25, 0.3) is 0 Å². The molecule has 1 heterocycles. The van der Waals surface area contributed by atoms with Crippen LogP contribution in [0.15, 0.2) is 22.7 Å². The molecule has 1 fully saturated rings. The Labute approximate surface area is 117 Å². The van der Waals surface area contributed by atoms with Crippen LogP contribution in [0.3, 0.4) is 0 Å². The van der Waals surface area contributed by atoms with Crippen LogP contribution in [0.5, 0.6) is 0 Å². The molecule has 0 saturated carbocycles. The van der Waals surface area contributed by atoms with Crippen LogP contribution in [-0.2, 0) is 0 Å². The first-order chi connectivity index (χ1) is 7.96. The summed E-state index contributed by atoms with van der Waals surface area (Å²) >= 11 is 5.61. The average molecular weight is 314 g/mol. The quantitative estimate of drug-likeness (QED) is 0.849. The summed E-state index contributed by atoms with van der Waals surface area (Å²) in [6.45, 7) is 6.86. The zero-order valence-corrected chi connectivity index (χ0v) is 13.1. The largest absolute Gasteiger partial charge is 0.381 e. The minimum atomic E-state index is 0.463. The van der Waals surface area contributed by atoms with E-state index < -0.39 is 0 Å². The molecule has 1 nitrogen and oxygen atoms in total. The lowest BCUT2D eigenvalue weighted by Gasteiger charge is -2.35. The van der Waals surface area contributed by atoms with Gasteiger partial charge >= 0.3 is 0 Å². The van der Waals surface area contributed by atoms with Crippen molar-refractivity contribution in [2.75, 3.05) is 16.8 Å². The second-order valence-corrected chi connectivity index (χ2v) is 7.57. The van der Waals surface area contributed by atoms with Crippen LogP contribution in [0.4, 0.5) is 5.69 Å². The fraction of sp³-hybridized carbons (Fsp3) is 0.571. The predicted octanol–water partition coefficient (Wildman–Crippen LogP) is 4.70. The Bertz CT molecular complexity index is 403. The maximum absolute atomic E-state index is 3.66. The Balaban J connectivity index is 2.03. The number of aryl methyl sites for hydroxylation is 1. The van der Waals surface area contributed by atoms with E-state index in [-0.39, 0.29) is 0 Å². The van der Waals surface area contributed by atoms with Gasteiger partial charge in [-0.3, -0.25) is 0 Å². The van der Waals surface area contributed by atoms with Gasteiger partial charge < -0.3 is 5.32 Å². The summed E-state index contributed by atoms with van der Waals surface area (Å²) in [5, 5.41) is 3.66. The van der Waals surface area contributed by atoms with Crippen molar-refractivity contribution >= 4 is 33.4 Å². The third kappa shape index (κ3) is 3.65. The molecule has 1 aromatic rings. The first-order valence-electron chi connectivity index (χ1n) is 6.07. The van der Waals surface area contributed by atoms with Gasteiger partial charge in [-0.05, 0) is 48.3 Å². The van der Waals surface area contributed by atoms with E-state index in [0.717, 1.165) is 0 Å². The number of halogens is 1. The summed E-state index contributed by atoms with van der Waals surface area (Å²) in [6.07, 6.45) is 1.26. The molecule has 1 aliphatic rings. The topological polar surface area (TPSA) is 12.0 Å². The van der Waals surface area contributed by atoms with Crippen molar-refractivity contribution in [3.05, 3.63) is 28.2 Å². The molecule has 1 atom stereocenters. The molecule has 0 spiro atoms. The molecule has 1 saturated heterocycles. The standard InChI is InChI=1S/C14H20BrNS/c1-10-6-11(4-5-13(10)15)16-12-7-14(2,3)9-17-8-12/h4-6,12,16H,7-9H2,1-3H3. The lowest BCUT2D eigenvalue weighted by atomic mass is 9.88. The summed E-state index contributed by atoms with van der Waals surface area (Å²) in [7, 11) is 0. The number of thioether (sulfide) groups is 1. The highest BCUT2D eigenvalue weighted by molar-refractivity contribution is 9.10. The highest BCUT2D eigenvalue weighted by Crippen LogP contribution is 2.35. The summed E-state index contributed by atoms with van der Waals surface area (Å²) in [5.74, 6) is 2.50. The maximum atomic E-state index is 3.66. The number of hydrogen-bond donors (Lipinski definition) is 1. The fourth-order valence-corrected chi connectivity index (χ4v) is 3.85. The van der Waals surface area contributed by atoms with Gasteiger partial charge in [-0.25, -0.2) is 0 Å². The summed E-state index contributed by atoms with van der Waals surface area (Å²) in [4.78, 5) is 0. The van der Waals surface area contributed by atoms with Crippen LogP contribution >= 0.6 is 27.7 Å². The molecule has 1 aromatic carbocycles. The molecule has 17 heavy (non-hydrogen) atoms. The van der Waals surface area contributed by atoms with Crippen molar-refractivity contribution in [1.29, 1.82) is 0 Å². The van der Waals surface area contributed by atoms with E-state index in [1.54, 1.807) is 0 Å². The zero-order chi connectivity index (χ0) is 12.5. The lowest BCUT2D eigenvalue weighted by Crippen LogP contribution is -2.35. The smallest absolute Gasteiger partial charge is 0.0357 e. The first kappa shape index (κ1) is 13.3. The Morgan fingerprint density at radius 1 is 1.41 bits per heavy atom. The van der Waals surface area contributed by atoms with E-state index in [4.69, 9.17) is 0 Å². The number of anilines is 1. The highest BCUT2D eigenvalue weighted by atomic mass is 79.9. The minimum absolute atomic E-state index is 0.463. The Morgan fingerprint density at radius 2 is 2.18 bits per heavy atom. The second-order valence-electron chi connectivity index (χ2n) is 5.69.